The maximum atomic E-state index is 13.6. The van der Waals surface area contributed by atoms with Crippen molar-refractivity contribution in [1.82, 2.24) is 70.8 Å². The molecule has 10 heterocycles. The van der Waals surface area contributed by atoms with Crippen LogP contribution in [0.25, 0.3) is 44.8 Å². The van der Waals surface area contributed by atoms with E-state index in [-0.39, 0.29) is 59.6 Å². The van der Waals surface area contributed by atoms with Crippen LogP contribution in [0, 0.1) is 0 Å². The van der Waals surface area contributed by atoms with Gasteiger partial charge in [-0.15, -0.1) is 0 Å². The molecule has 24 nitrogen and oxygen atoms in total. The van der Waals surface area contributed by atoms with Crippen LogP contribution in [-0.2, 0) is 72.3 Å². The average molecular weight is 1460 g/mol. The van der Waals surface area contributed by atoms with Gasteiger partial charge in [0.1, 0.15) is 11.5 Å². The predicted molar refractivity (Wildman–Crippen MR) is 392 cm³/mol. The summed E-state index contributed by atoms with van der Waals surface area (Å²) < 4.78 is 15.1. The molecule has 532 valence electrons. The van der Waals surface area contributed by atoms with Crippen molar-refractivity contribution in [2.24, 2.45) is 14.1 Å². The van der Waals surface area contributed by atoms with Crippen LogP contribution < -0.4 is 52.0 Å². The summed E-state index contributed by atoms with van der Waals surface area (Å²) in [6.07, 6.45) is 10.5. The number of nitrogens with one attached hydrogen (secondary N) is 8. The highest BCUT2D eigenvalue weighted by Crippen LogP contribution is 2.44. The van der Waals surface area contributed by atoms with Crippen LogP contribution in [0.1, 0.15) is 107 Å². The van der Waals surface area contributed by atoms with Crippen molar-refractivity contribution in [1.29, 1.82) is 0 Å². The number of amides is 6. The summed E-state index contributed by atoms with van der Waals surface area (Å²) in [5, 5.41) is 26.3. The van der Waals surface area contributed by atoms with Gasteiger partial charge in [-0.1, -0.05) is 94.9 Å². The van der Waals surface area contributed by atoms with Crippen molar-refractivity contribution >= 4 is 93.2 Å². The summed E-state index contributed by atoms with van der Waals surface area (Å²) >= 11 is 28.0. The molecular weight excluding hydrogens is 1380 g/mol. The number of nitrogens with zero attached hydrogens (tertiary/aromatic N) is 8. The molecule has 0 spiro atoms. The molecule has 6 amide bonds. The van der Waals surface area contributed by atoms with E-state index in [9.17, 15) is 28.8 Å². The van der Waals surface area contributed by atoms with E-state index in [1.807, 2.05) is 83.9 Å². The van der Waals surface area contributed by atoms with E-state index >= 15 is 0 Å². The molecule has 0 radical (unpaired) electrons. The van der Waals surface area contributed by atoms with E-state index in [0.717, 1.165) is 110 Å². The lowest BCUT2D eigenvalue weighted by molar-refractivity contribution is -0.120. The summed E-state index contributed by atoms with van der Waals surface area (Å²) in [6.45, 7) is 6.95. The van der Waals surface area contributed by atoms with Crippen LogP contribution in [0.4, 0.5) is 11.4 Å². The lowest BCUT2D eigenvalue weighted by Gasteiger charge is -2.28. The van der Waals surface area contributed by atoms with E-state index in [1.54, 1.807) is 50.9 Å². The van der Waals surface area contributed by atoms with E-state index in [4.69, 9.17) is 65.8 Å². The van der Waals surface area contributed by atoms with Gasteiger partial charge in [-0.3, -0.25) is 48.5 Å². The van der Waals surface area contributed by atoms with E-state index in [1.165, 1.54) is 0 Å². The summed E-state index contributed by atoms with van der Waals surface area (Å²) in [7, 11) is 6.97. The standard InChI is InChI=1S/2C37H40Cl2N8O4/c2*1-46-29-13-15-47(19-24-9-11-32(49)43-24)20-28(29)44-36(46)37(50)45-27-5-3-4-25(33(27)38)26-12-14-41-35(34(26)39)21-6-7-22(30(16-21)51-2)17-40-18-23-8-10-31(48)42-23/h2*3-7,12,14,16,23-24,40H,8-11,13,15,17-20H2,1-2H3,(H,42,48)(H,43,49)(H,45,50)/t2*23-,24-/m00/s1. The third-order valence-corrected chi connectivity index (χ3v) is 21.3. The number of fused-ring (bicyclic) bond motifs is 2. The summed E-state index contributed by atoms with van der Waals surface area (Å²) in [4.78, 5) is 96.8. The molecule has 0 unspecified atom stereocenters. The molecule has 4 atom stereocenters. The Morgan fingerprint density at radius 1 is 0.500 bits per heavy atom. The second-order valence-electron chi connectivity index (χ2n) is 26.6. The Kier molecular flexibility index (Phi) is 22.2. The average Bonchev–Trinajstić information content (AvgIpc) is 1.31. The molecule has 14 rings (SSSR count). The van der Waals surface area contributed by atoms with Gasteiger partial charge in [0.2, 0.25) is 23.6 Å². The summed E-state index contributed by atoms with van der Waals surface area (Å²) in [5.41, 5.74) is 11.9. The number of methoxy groups -OCH3 is 2. The Hall–Kier alpha value is -8.98. The molecule has 4 aromatic heterocycles. The molecule has 4 fully saturated rings. The van der Waals surface area contributed by atoms with Gasteiger partial charge in [0.05, 0.1) is 68.5 Å². The zero-order valence-corrected chi connectivity index (χ0v) is 60.1. The van der Waals surface area contributed by atoms with Gasteiger partial charge in [-0.2, -0.15) is 0 Å². The van der Waals surface area contributed by atoms with Crippen molar-refractivity contribution < 1.29 is 38.2 Å². The molecule has 28 heteroatoms. The minimum absolute atomic E-state index is 0.0947. The molecule has 102 heavy (non-hydrogen) atoms. The van der Waals surface area contributed by atoms with Crippen molar-refractivity contribution in [2.75, 3.05) is 64.1 Å². The molecule has 8 N–H and O–H groups in total. The number of imidazole rings is 2. The summed E-state index contributed by atoms with van der Waals surface area (Å²) in [6, 6.07) is 26.7. The van der Waals surface area contributed by atoms with Gasteiger partial charge in [0.15, 0.2) is 11.6 Å². The topological polar surface area (TPSA) is 285 Å². The second-order valence-corrected chi connectivity index (χ2v) is 28.1. The second kappa shape index (κ2) is 31.7. The van der Waals surface area contributed by atoms with Gasteiger partial charge in [0.25, 0.3) is 11.8 Å². The molecule has 0 aliphatic carbocycles. The van der Waals surface area contributed by atoms with Crippen LogP contribution in [0.2, 0.25) is 20.1 Å². The summed E-state index contributed by atoms with van der Waals surface area (Å²) in [5.74, 6) is 1.66. The fraction of sp³-hybridized carbons (Fsp3) is 0.378. The van der Waals surface area contributed by atoms with Gasteiger partial charge >= 0.3 is 0 Å². The third-order valence-electron chi connectivity index (χ3n) is 19.8. The molecule has 4 aromatic carbocycles. The van der Waals surface area contributed by atoms with Gasteiger partial charge in [0, 0.05) is 211 Å². The number of aromatic nitrogens is 6. The Morgan fingerprint density at radius 3 is 1.25 bits per heavy atom. The smallest absolute Gasteiger partial charge is 0.291 e. The number of pyridine rings is 2. The van der Waals surface area contributed by atoms with Crippen LogP contribution in [0.3, 0.4) is 0 Å². The number of hydrogen-bond donors (Lipinski definition) is 8. The molecular formula is C74H80Cl4N16O8. The van der Waals surface area contributed by atoms with Crippen molar-refractivity contribution in [3.8, 4) is 56.3 Å². The number of carbonyl (C=O) groups excluding carboxylic acids is 6. The minimum Gasteiger partial charge on any atom is -0.496 e. The first-order valence-corrected chi connectivity index (χ1v) is 35.8. The molecule has 6 aliphatic heterocycles. The van der Waals surface area contributed by atoms with E-state index in [0.29, 0.717) is 153 Å². The highest BCUT2D eigenvalue weighted by molar-refractivity contribution is 6.40. The van der Waals surface area contributed by atoms with Gasteiger partial charge < -0.3 is 61.1 Å². The molecule has 4 saturated heterocycles. The number of benzene rings is 4. The Balaban J connectivity index is 0.000000182. The predicted octanol–water partition coefficient (Wildman–Crippen LogP) is 9.44. The number of carbonyl (C=O) groups is 6. The highest BCUT2D eigenvalue weighted by atomic mass is 35.5. The Morgan fingerprint density at radius 2 is 0.882 bits per heavy atom. The maximum Gasteiger partial charge on any atom is 0.291 e. The lowest BCUT2D eigenvalue weighted by atomic mass is 10.0. The van der Waals surface area contributed by atoms with Gasteiger partial charge in [-0.25, -0.2) is 9.97 Å². The fourth-order valence-corrected chi connectivity index (χ4v) is 15.6. The SMILES string of the molecule is COc1cc(-c2nccc(-c3cccc(NC(=O)c4nc5c(n4C)CCN(C[C@@H]4CCC(=O)N4)C5)c3Cl)c2Cl)ccc1CNC[C@@H]1CCC(=O)N1.COc1cc(-c2nccc(-c3cccc(NC(=O)c4nc5c(n4C)CCN(C[C@@H]4CCC(=O)N4)C5)c3Cl)c2Cl)ccc1CNC[C@@H]1CCC(=O)N1. The highest BCUT2D eigenvalue weighted by Gasteiger charge is 2.33. The normalized spacial score (nSPS) is 18.7. The number of hydrogen-bond acceptors (Lipinski definition) is 16. The number of ether oxygens (including phenoxy) is 2. The first-order chi connectivity index (χ1) is 49.4. The molecule has 0 bridgehead atoms. The number of anilines is 2. The van der Waals surface area contributed by atoms with E-state index < -0.39 is 0 Å². The van der Waals surface area contributed by atoms with Crippen molar-refractivity contribution in [3.05, 3.63) is 163 Å². The van der Waals surface area contributed by atoms with Crippen LogP contribution in [0.5, 0.6) is 11.5 Å². The maximum absolute atomic E-state index is 13.6. The lowest BCUT2D eigenvalue weighted by Crippen LogP contribution is -2.41. The Bertz CT molecular complexity index is 4280. The minimum atomic E-state index is -0.364. The van der Waals surface area contributed by atoms with Crippen LogP contribution in [-0.4, -0.2) is 152 Å². The van der Waals surface area contributed by atoms with Crippen molar-refractivity contribution in [2.45, 2.75) is 115 Å². The van der Waals surface area contributed by atoms with E-state index in [2.05, 4.69) is 62.3 Å². The van der Waals surface area contributed by atoms with Crippen LogP contribution in [0.15, 0.2) is 97.3 Å². The van der Waals surface area contributed by atoms with Gasteiger partial charge in [-0.05, 0) is 62.1 Å². The van der Waals surface area contributed by atoms with Crippen molar-refractivity contribution in [3.63, 3.8) is 0 Å². The molecule has 8 aromatic rings. The fourth-order valence-electron chi connectivity index (χ4n) is 14.4. The number of rotatable bonds is 22. The first-order valence-electron chi connectivity index (χ1n) is 34.3. The Labute approximate surface area is 610 Å². The quantitative estimate of drug-likeness (QED) is 0.0313. The zero-order valence-electron chi connectivity index (χ0n) is 57.0. The monoisotopic (exact) mass is 1460 g/mol. The molecule has 6 aliphatic rings. The van der Waals surface area contributed by atoms with Crippen LogP contribution >= 0.6 is 46.4 Å². The number of halogens is 4. The largest absolute Gasteiger partial charge is 0.496 e. The zero-order chi connectivity index (χ0) is 71.3. The first kappa shape index (κ1) is 71.4. The molecule has 0 saturated carbocycles. The third kappa shape index (κ3) is 16.0.